The van der Waals surface area contributed by atoms with E-state index in [1.54, 1.807) is 4.57 Å². The fourth-order valence-corrected chi connectivity index (χ4v) is 4.14. The standard InChI is InChI=1S/C22H27N3O3S/c1-4-25-21(27)18-13-16-9-6-7-10-17(16)14-19(18)24-22(25)29-15(3)20(26)23-11-8-12-28-5-2/h6-7,9-10,13-15H,4-5,8,11-12H2,1-3H3,(H,23,26). The molecule has 0 saturated carbocycles. The number of nitrogens with one attached hydrogen (secondary N) is 1. The van der Waals surface area contributed by atoms with Crippen LogP contribution in [0, 0.1) is 0 Å². The Hall–Kier alpha value is -2.38. The minimum absolute atomic E-state index is 0.0676. The van der Waals surface area contributed by atoms with E-state index in [1.807, 2.05) is 57.2 Å². The first kappa shape index (κ1) is 21.3. The van der Waals surface area contributed by atoms with E-state index in [4.69, 9.17) is 9.72 Å². The molecule has 1 aromatic heterocycles. The van der Waals surface area contributed by atoms with Crippen molar-refractivity contribution in [1.29, 1.82) is 0 Å². The first-order valence-corrected chi connectivity index (χ1v) is 10.9. The average Bonchev–Trinajstić information content (AvgIpc) is 2.72. The average molecular weight is 414 g/mol. The molecule has 0 radical (unpaired) electrons. The van der Waals surface area contributed by atoms with Gasteiger partial charge in [0.2, 0.25) is 5.91 Å². The van der Waals surface area contributed by atoms with Crippen LogP contribution in [0.15, 0.2) is 46.3 Å². The van der Waals surface area contributed by atoms with Gasteiger partial charge in [-0.3, -0.25) is 14.2 Å². The van der Waals surface area contributed by atoms with Crippen molar-refractivity contribution in [1.82, 2.24) is 14.9 Å². The fourth-order valence-electron chi connectivity index (χ4n) is 3.14. The molecule has 0 saturated heterocycles. The first-order chi connectivity index (χ1) is 14.0. The summed E-state index contributed by atoms with van der Waals surface area (Å²) in [5, 5.41) is 5.78. The Bertz CT molecular complexity index is 1060. The lowest BCUT2D eigenvalue weighted by molar-refractivity contribution is -0.120. The van der Waals surface area contributed by atoms with E-state index in [2.05, 4.69) is 5.32 Å². The molecule has 0 bridgehead atoms. The monoisotopic (exact) mass is 413 g/mol. The number of benzene rings is 2. The van der Waals surface area contributed by atoms with Crippen molar-refractivity contribution < 1.29 is 9.53 Å². The van der Waals surface area contributed by atoms with Crippen molar-refractivity contribution in [2.45, 2.75) is 44.1 Å². The van der Waals surface area contributed by atoms with Gasteiger partial charge in [0, 0.05) is 26.3 Å². The lowest BCUT2D eigenvalue weighted by Crippen LogP contribution is -2.33. The fraction of sp³-hybridized carbons (Fsp3) is 0.409. The zero-order valence-electron chi connectivity index (χ0n) is 17.1. The molecule has 1 N–H and O–H groups in total. The smallest absolute Gasteiger partial charge is 0.262 e. The second-order valence-corrected chi connectivity index (χ2v) is 8.07. The normalized spacial score (nSPS) is 12.4. The summed E-state index contributed by atoms with van der Waals surface area (Å²) >= 11 is 1.31. The van der Waals surface area contributed by atoms with E-state index >= 15 is 0 Å². The number of nitrogens with zero attached hydrogens (tertiary/aromatic N) is 2. The zero-order valence-corrected chi connectivity index (χ0v) is 17.9. The van der Waals surface area contributed by atoms with Gasteiger partial charge >= 0.3 is 0 Å². The molecule has 3 rings (SSSR count). The largest absolute Gasteiger partial charge is 0.382 e. The second-order valence-electron chi connectivity index (χ2n) is 6.76. The van der Waals surface area contributed by atoms with Crippen LogP contribution in [0.1, 0.15) is 27.2 Å². The number of fused-ring (bicyclic) bond motifs is 2. The van der Waals surface area contributed by atoms with Gasteiger partial charge in [0.05, 0.1) is 16.2 Å². The van der Waals surface area contributed by atoms with E-state index < -0.39 is 0 Å². The van der Waals surface area contributed by atoms with Gasteiger partial charge in [0.1, 0.15) is 0 Å². The topological polar surface area (TPSA) is 73.2 Å². The molecule has 154 valence electrons. The number of thioether (sulfide) groups is 1. The molecule has 1 atom stereocenters. The van der Waals surface area contributed by atoms with Gasteiger partial charge in [0.25, 0.3) is 5.56 Å². The van der Waals surface area contributed by atoms with Crippen LogP contribution < -0.4 is 10.9 Å². The van der Waals surface area contributed by atoms with Gasteiger partial charge in [0.15, 0.2) is 5.16 Å². The van der Waals surface area contributed by atoms with Crippen LogP contribution in [0.2, 0.25) is 0 Å². The van der Waals surface area contributed by atoms with Crippen LogP contribution in [0.25, 0.3) is 21.7 Å². The number of carbonyl (C=O) groups excluding carboxylic acids is 1. The van der Waals surface area contributed by atoms with Gasteiger partial charge in [-0.25, -0.2) is 4.98 Å². The second kappa shape index (κ2) is 9.89. The zero-order chi connectivity index (χ0) is 20.8. The minimum atomic E-state index is -0.357. The lowest BCUT2D eigenvalue weighted by Gasteiger charge is -2.15. The van der Waals surface area contributed by atoms with Gasteiger partial charge in [-0.05, 0) is 50.1 Å². The van der Waals surface area contributed by atoms with Crippen LogP contribution in [-0.4, -0.2) is 40.5 Å². The van der Waals surface area contributed by atoms with E-state index in [9.17, 15) is 9.59 Å². The Kier molecular flexibility index (Phi) is 7.28. The minimum Gasteiger partial charge on any atom is -0.382 e. The molecule has 29 heavy (non-hydrogen) atoms. The predicted molar refractivity (Wildman–Crippen MR) is 119 cm³/mol. The predicted octanol–water partition coefficient (Wildman–Crippen LogP) is 3.59. The van der Waals surface area contributed by atoms with Crippen molar-refractivity contribution in [3.05, 3.63) is 46.8 Å². The highest BCUT2D eigenvalue weighted by atomic mass is 32.2. The molecule has 1 amide bonds. The summed E-state index contributed by atoms with van der Waals surface area (Å²) in [6.07, 6.45) is 0.776. The summed E-state index contributed by atoms with van der Waals surface area (Å²) in [4.78, 5) is 30.2. The maximum Gasteiger partial charge on any atom is 0.262 e. The summed E-state index contributed by atoms with van der Waals surface area (Å²) in [5.41, 5.74) is 0.584. The van der Waals surface area contributed by atoms with E-state index in [0.29, 0.717) is 42.4 Å². The van der Waals surface area contributed by atoms with Crippen LogP contribution in [-0.2, 0) is 16.1 Å². The molecule has 2 aromatic carbocycles. The molecule has 1 unspecified atom stereocenters. The third-order valence-electron chi connectivity index (χ3n) is 4.72. The number of hydrogen-bond acceptors (Lipinski definition) is 5. The van der Waals surface area contributed by atoms with Crippen molar-refractivity contribution in [2.24, 2.45) is 0 Å². The molecular formula is C22H27N3O3S. The summed E-state index contributed by atoms with van der Waals surface area (Å²) in [6, 6.07) is 11.8. The van der Waals surface area contributed by atoms with Gasteiger partial charge < -0.3 is 10.1 Å². The van der Waals surface area contributed by atoms with Gasteiger partial charge in [-0.2, -0.15) is 0 Å². The molecular weight excluding hydrogens is 386 g/mol. The first-order valence-electron chi connectivity index (χ1n) is 10.0. The molecule has 0 aliphatic rings. The van der Waals surface area contributed by atoms with Crippen LogP contribution in [0.4, 0.5) is 0 Å². The quantitative estimate of drug-likeness (QED) is 0.251. The highest BCUT2D eigenvalue weighted by Gasteiger charge is 2.19. The Morgan fingerprint density at radius 1 is 1.24 bits per heavy atom. The van der Waals surface area contributed by atoms with E-state index in [0.717, 1.165) is 17.2 Å². The third-order valence-corrected chi connectivity index (χ3v) is 5.81. The molecule has 1 heterocycles. The number of rotatable bonds is 9. The van der Waals surface area contributed by atoms with Crippen molar-refractivity contribution in [2.75, 3.05) is 19.8 Å². The SMILES string of the molecule is CCOCCCNC(=O)C(C)Sc1nc2cc3ccccc3cc2c(=O)n1CC. The number of ether oxygens (including phenoxy) is 1. The third kappa shape index (κ3) is 4.97. The number of aromatic nitrogens is 2. The van der Waals surface area contributed by atoms with Gasteiger partial charge in [-0.1, -0.05) is 36.0 Å². The highest BCUT2D eigenvalue weighted by molar-refractivity contribution is 8.00. The molecule has 0 spiro atoms. The molecule has 0 aliphatic heterocycles. The maximum atomic E-state index is 13.0. The highest BCUT2D eigenvalue weighted by Crippen LogP contribution is 2.25. The molecule has 7 heteroatoms. The molecule has 0 fully saturated rings. The van der Waals surface area contributed by atoms with E-state index in [-0.39, 0.29) is 16.7 Å². The van der Waals surface area contributed by atoms with E-state index in [1.165, 1.54) is 11.8 Å². The van der Waals surface area contributed by atoms with Crippen molar-refractivity contribution >= 4 is 39.3 Å². The Morgan fingerprint density at radius 3 is 2.66 bits per heavy atom. The van der Waals surface area contributed by atoms with Crippen LogP contribution in [0.5, 0.6) is 0 Å². The number of hydrogen-bond donors (Lipinski definition) is 1. The van der Waals surface area contributed by atoms with Gasteiger partial charge in [-0.15, -0.1) is 0 Å². The van der Waals surface area contributed by atoms with Crippen LogP contribution in [0.3, 0.4) is 0 Å². The summed E-state index contributed by atoms with van der Waals surface area (Å²) in [7, 11) is 0. The Labute approximate surface area is 174 Å². The maximum absolute atomic E-state index is 13.0. The Morgan fingerprint density at radius 2 is 1.97 bits per heavy atom. The summed E-state index contributed by atoms with van der Waals surface area (Å²) in [6.45, 7) is 8.08. The molecule has 0 aliphatic carbocycles. The summed E-state index contributed by atoms with van der Waals surface area (Å²) in [5.74, 6) is -0.0676. The van der Waals surface area contributed by atoms with Crippen LogP contribution >= 0.6 is 11.8 Å². The summed E-state index contributed by atoms with van der Waals surface area (Å²) < 4.78 is 6.92. The Balaban J connectivity index is 1.83. The number of amides is 1. The number of carbonyl (C=O) groups is 1. The van der Waals surface area contributed by atoms with Crippen molar-refractivity contribution in [3.63, 3.8) is 0 Å². The molecule has 6 nitrogen and oxygen atoms in total. The molecule has 3 aromatic rings. The van der Waals surface area contributed by atoms with Crippen molar-refractivity contribution in [3.8, 4) is 0 Å². The lowest BCUT2D eigenvalue weighted by atomic mass is 10.1.